The van der Waals surface area contributed by atoms with Crippen molar-refractivity contribution in [1.29, 1.82) is 0 Å². The van der Waals surface area contributed by atoms with Crippen LogP contribution in [0.3, 0.4) is 0 Å². The third kappa shape index (κ3) is 9.97. The molecule has 0 aliphatic heterocycles. The molecule has 0 saturated carbocycles. The number of hydrogen-bond donors (Lipinski definition) is 0. The minimum absolute atomic E-state index is 0.0203. The number of rotatable bonds is 11. The molecule has 1 aromatic rings. The molecule has 0 amide bonds. The lowest BCUT2D eigenvalue weighted by molar-refractivity contribution is -0.145. The molecular formula is C17H19F5O4. The largest absolute Gasteiger partial charge is 0.491 e. The van der Waals surface area contributed by atoms with Gasteiger partial charge >= 0.3 is 12.1 Å². The zero-order valence-corrected chi connectivity index (χ0v) is 13.9. The van der Waals surface area contributed by atoms with E-state index >= 15 is 0 Å². The molecule has 0 N–H and O–H groups in total. The quantitative estimate of drug-likeness (QED) is 0.319. The van der Waals surface area contributed by atoms with Crippen molar-refractivity contribution < 1.29 is 41.0 Å². The Bertz CT molecular complexity index is 566. The van der Waals surface area contributed by atoms with Crippen molar-refractivity contribution in [2.45, 2.75) is 25.4 Å². The second-order valence-corrected chi connectivity index (χ2v) is 5.09. The van der Waals surface area contributed by atoms with Gasteiger partial charge in [-0.15, -0.1) is 0 Å². The van der Waals surface area contributed by atoms with Crippen molar-refractivity contribution in [2.24, 2.45) is 0 Å². The molecule has 1 aromatic carbocycles. The van der Waals surface area contributed by atoms with Crippen LogP contribution in [0.5, 0.6) is 5.75 Å². The van der Waals surface area contributed by atoms with Crippen molar-refractivity contribution in [1.82, 2.24) is 0 Å². The van der Waals surface area contributed by atoms with Gasteiger partial charge in [0.15, 0.2) is 0 Å². The molecule has 0 bridgehead atoms. The van der Waals surface area contributed by atoms with Crippen molar-refractivity contribution in [3.8, 4) is 5.75 Å². The molecule has 0 spiro atoms. The van der Waals surface area contributed by atoms with Gasteiger partial charge in [-0.2, -0.15) is 22.0 Å². The van der Waals surface area contributed by atoms with E-state index in [4.69, 9.17) is 14.2 Å². The summed E-state index contributed by atoms with van der Waals surface area (Å²) in [5.41, 5.74) is -0.756. The average molecular weight is 382 g/mol. The minimum atomic E-state index is -4.39. The average Bonchev–Trinajstić information content (AvgIpc) is 2.57. The number of carbonyl (C=O) groups excluding carboxylic acids is 1. The van der Waals surface area contributed by atoms with E-state index in [-0.39, 0.29) is 51.4 Å². The van der Waals surface area contributed by atoms with Crippen LogP contribution in [0.15, 0.2) is 36.4 Å². The summed E-state index contributed by atoms with van der Waals surface area (Å²) in [5.74, 6) is -0.214. The summed E-state index contributed by atoms with van der Waals surface area (Å²) >= 11 is 0. The van der Waals surface area contributed by atoms with Gasteiger partial charge in [0, 0.05) is 6.42 Å². The molecule has 0 unspecified atom stereocenters. The van der Waals surface area contributed by atoms with Crippen molar-refractivity contribution in [2.75, 3.05) is 26.4 Å². The van der Waals surface area contributed by atoms with E-state index in [1.165, 1.54) is 12.1 Å². The number of hydrogen-bond acceptors (Lipinski definition) is 4. The zero-order valence-electron chi connectivity index (χ0n) is 13.9. The number of alkyl halides is 3. The van der Waals surface area contributed by atoms with Crippen molar-refractivity contribution in [3.05, 3.63) is 42.0 Å². The number of allylic oxidation sites excluding steroid dienone is 1. The Morgan fingerprint density at radius 3 is 2.27 bits per heavy atom. The van der Waals surface area contributed by atoms with Gasteiger partial charge < -0.3 is 14.2 Å². The minimum Gasteiger partial charge on any atom is -0.491 e. The van der Waals surface area contributed by atoms with Crippen LogP contribution >= 0.6 is 0 Å². The van der Waals surface area contributed by atoms with Crippen molar-refractivity contribution in [3.63, 3.8) is 0 Å². The maximum absolute atomic E-state index is 12.4. The summed E-state index contributed by atoms with van der Waals surface area (Å²) in [5, 5.41) is 0. The summed E-state index contributed by atoms with van der Waals surface area (Å²) in [6, 6.07) is 4.28. The van der Waals surface area contributed by atoms with Gasteiger partial charge in [-0.25, -0.2) is 0 Å². The second kappa shape index (κ2) is 11.5. The fourth-order valence-electron chi connectivity index (χ4n) is 1.80. The molecule has 0 saturated heterocycles. The molecule has 26 heavy (non-hydrogen) atoms. The first kappa shape index (κ1) is 21.9. The van der Waals surface area contributed by atoms with E-state index in [0.29, 0.717) is 0 Å². The predicted octanol–water partition coefficient (Wildman–Crippen LogP) is 4.59. The molecule has 0 heterocycles. The summed E-state index contributed by atoms with van der Waals surface area (Å²) in [7, 11) is 0. The highest BCUT2D eigenvalue weighted by Gasteiger charge is 2.29. The van der Waals surface area contributed by atoms with Crippen LogP contribution < -0.4 is 4.74 Å². The third-order valence-electron chi connectivity index (χ3n) is 3.05. The molecule has 9 heteroatoms. The summed E-state index contributed by atoms with van der Waals surface area (Å²) < 4.78 is 75.9. The van der Waals surface area contributed by atoms with Crippen LogP contribution in [0.2, 0.25) is 0 Å². The van der Waals surface area contributed by atoms with Gasteiger partial charge in [0.1, 0.15) is 19.0 Å². The Morgan fingerprint density at radius 1 is 1.00 bits per heavy atom. The highest BCUT2D eigenvalue weighted by atomic mass is 19.4. The SMILES string of the molecule is O=C(CCCC=C(F)F)OCCOCCOc1ccc(C(F)(F)F)cc1. The molecule has 4 nitrogen and oxygen atoms in total. The first-order chi connectivity index (χ1) is 12.3. The van der Waals surface area contributed by atoms with E-state index in [0.717, 1.165) is 18.2 Å². The van der Waals surface area contributed by atoms with Crippen LogP contribution in [-0.2, 0) is 20.4 Å². The van der Waals surface area contributed by atoms with E-state index < -0.39 is 23.8 Å². The molecule has 0 aromatic heterocycles. The maximum atomic E-state index is 12.4. The normalized spacial score (nSPS) is 11.1. The second-order valence-electron chi connectivity index (χ2n) is 5.09. The fraction of sp³-hybridized carbons (Fsp3) is 0.471. The van der Waals surface area contributed by atoms with Crippen LogP contribution in [0, 0.1) is 0 Å². The van der Waals surface area contributed by atoms with Crippen LogP contribution in [0.25, 0.3) is 0 Å². The van der Waals surface area contributed by atoms with Gasteiger partial charge in [-0.3, -0.25) is 4.79 Å². The smallest absolute Gasteiger partial charge is 0.416 e. The topological polar surface area (TPSA) is 44.8 Å². The monoisotopic (exact) mass is 382 g/mol. The Hall–Kier alpha value is -2.16. The van der Waals surface area contributed by atoms with Crippen LogP contribution in [-0.4, -0.2) is 32.4 Å². The van der Waals surface area contributed by atoms with Crippen molar-refractivity contribution >= 4 is 5.97 Å². The molecule has 0 aliphatic carbocycles. The molecule has 0 aliphatic rings. The lowest BCUT2D eigenvalue weighted by atomic mass is 10.2. The molecule has 0 fully saturated rings. The first-order valence-electron chi connectivity index (χ1n) is 7.83. The Labute approximate surface area is 147 Å². The Kier molecular flexibility index (Phi) is 9.64. The Balaban J connectivity index is 2.04. The van der Waals surface area contributed by atoms with Gasteiger partial charge in [-0.1, -0.05) is 0 Å². The van der Waals surface area contributed by atoms with E-state index in [9.17, 15) is 26.7 Å². The first-order valence-corrected chi connectivity index (χ1v) is 7.83. The summed E-state index contributed by atoms with van der Waals surface area (Å²) in [6.45, 7) is 0.438. The standard InChI is InChI=1S/C17H19F5O4/c18-15(19)3-1-2-4-16(23)26-12-10-24-9-11-25-14-7-5-13(6-8-14)17(20,21)22/h3,5-8H,1-2,4,9-12H2. The number of benzene rings is 1. The van der Waals surface area contributed by atoms with Gasteiger partial charge in [0.2, 0.25) is 0 Å². The number of carbonyl (C=O) groups is 1. The summed E-state index contributed by atoms with van der Waals surface area (Å²) in [6.07, 6.45) is -4.99. The fourth-order valence-corrected chi connectivity index (χ4v) is 1.80. The van der Waals surface area contributed by atoms with Gasteiger partial charge in [0.25, 0.3) is 6.08 Å². The number of esters is 1. The lowest BCUT2D eigenvalue weighted by Gasteiger charge is -2.09. The summed E-state index contributed by atoms with van der Waals surface area (Å²) in [4.78, 5) is 11.3. The third-order valence-corrected chi connectivity index (χ3v) is 3.05. The zero-order chi connectivity index (χ0) is 19.4. The van der Waals surface area contributed by atoms with Crippen LogP contribution in [0.4, 0.5) is 22.0 Å². The molecule has 0 atom stereocenters. The van der Waals surface area contributed by atoms with E-state index in [1.54, 1.807) is 0 Å². The molecule has 0 radical (unpaired) electrons. The molecular weight excluding hydrogens is 363 g/mol. The predicted molar refractivity (Wildman–Crippen MR) is 82.9 cm³/mol. The number of ether oxygens (including phenoxy) is 3. The van der Waals surface area contributed by atoms with Gasteiger partial charge in [-0.05, 0) is 43.2 Å². The highest BCUT2D eigenvalue weighted by molar-refractivity contribution is 5.69. The van der Waals surface area contributed by atoms with E-state index in [1.807, 2.05) is 0 Å². The van der Waals surface area contributed by atoms with Gasteiger partial charge in [0.05, 0.1) is 18.8 Å². The highest BCUT2D eigenvalue weighted by Crippen LogP contribution is 2.30. The number of unbranched alkanes of at least 4 members (excludes halogenated alkanes) is 1. The maximum Gasteiger partial charge on any atom is 0.416 e. The van der Waals surface area contributed by atoms with E-state index in [2.05, 4.69) is 0 Å². The lowest BCUT2D eigenvalue weighted by Crippen LogP contribution is -2.13. The van der Waals surface area contributed by atoms with Crippen LogP contribution in [0.1, 0.15) is 24.8 Å². The Morgan fingerprint density at radius 2 is 1.65 bits per heavy atom. The molecule has 1 rings (SSSR count). The number of halogens is 5. The molecule has 146 valence electrons.